The number of nitrogens with one attached hydrogen (secondary N) is 1. The second-order valence-electron chi connectivity index (χ2n) is 7.00. The van der Waals surface area contributed by atoms with E-state index in [0.29, 0.717) is 5.92 Å². The van der Waals surface area contributed by atoms with Crippen LogP contribution in [0, 0.1) is 0 Å². The Morgan fingerprint density at radius 1 is 1.28 bits per heavy atom. The summed E-state index contributed by atoms with van der Waals surface area (Å²) in [6.45, 7) is 11.3. The Bertz CT molecular complexity index is 727. The van der Waals surface area contributed by atoms with Gasteiger partial charge in [-0.05, 0) is 44.1 Å². The van der Waals surface area contributed by atoms with Crippen molar-refractivity contribution in [2.24, 2.45) is 0 Å². The maximum atomic E-state index is 12.6. The highest BCUT2D eigenvalue weighted by Gasteiger charge is 2.19. The van der Waals surface area contributed by atoms with Gasteiger partial charge in [0.1, 0.15) is 0 Å². The zero-order valence-electron chi connectivity index (χ0n) is 15.4. The molecule has 1 saturated heterocycles. The summed E-state index contributed by atoms with van der Waals surface area (Å²) in [6.07, 6.45) is 2.21. The first-order chi connectivity index (χ1) is 12.1. The predicted molar refractivity (Wildman–Crippen MR) is 106 cm³/mol. The number of thiazole rings is 1. The van der Waals surface area contributed by atoms with E-state index in [1.54, 1.807) is 11.3 Å². The van der Waals surface area contributed by atoms with Gasteiger partial charge in [0.15, 0.2) is 0 Å². The fourth-order valence-electron chi connectivity index (χ4n) is 3.18. The minimum absolute atomic E-state index is 0.00583. The lowest BCUT2D eigenvalue weighted by molar-refractivity contribution is 0.211. The van der Waals surface area contributed by atoms with Gasteiger partial charge in [-0.3, -0.25) is 0 Å². The van der Waals surface area contributed by atoms with E-state index in [2.05, 4.69) is 36.0 Å². The Balaban J connectivity index is 1.65. The highest BCUT2D eigenvalue weighted by molar-refractivity contribution is 7.18. The molecule has 0 spiro atoms. The molecule has 0 atom stereocenters. The zero-order chi connectivity index (χ0) is 17.8. The Morgan fingerprint density at radius 2 is 2.12 bits per heavy atom. The van der Waals surface area contributed by atoms with Crippen LogP contribution in [-0.2, 0) is 0 Å². The number of nitrogens with zero attached hydrogens (tertiary/aromatic N) is 3. The second-order valence-corrected chi connectivity index (χ2v) is 8.06. The van der Waals surface area contributed by atoms with Gasteiger partial charge < -0.3 is 15.1 Å². The van der Waals surface area contributed by atoms with E-state index < -0.39 is 0 Å². The first kappa shape index (κ1) is 18.1. The lowest BCUT2D eigenvalue weighted by Crippen LogP contribution is -2.38. The molecule has 2 aromatic rings. The SMILES string of the molecule is CCCN1CCCN(C(=O)Nc2ccc3nc(C(C)C)sc3c2)CC1. The number of fused-ring (bicyclic) bond motifs is 1. The van der Waals surface area contributed by atoms with E-state index in [1.165, 1.54) is 6.42 Å². The Kier molecular flexibility index (Phi) is 5.91. The molecule has 0 unspecified atom stereocenters. The molecule has 3 rings (SSSR count). The van der Waals surface area contributed by atoms with Gasteiger partial charge in [0, 0.05) is 31.2 Å². The average molecular weight is 361 g/mol. The molecule has 1 aliphatic rings. The number of amides is 2. The van der Waals surface area contributed by atoms with E-state index in [0.717, 1.165) is 60.1 Å². The third kappa shape index (κ3) is 4.50. The Hall–Kier alpha value is -1.66. The molecule has 2 amide bonds. The smallest absolute Gasteiger partial charge is 0.321 e. The van der Waals surface area contributed by atoms with Crippen LogP contribution < -0.4 is 5.32 Å². The molecule has 1 aromatic carbocycles. The van der Waals surface area contributed by atoms with Crippen LogP contribution in [0.25, 0.3) is 10.2 Å². The van der Waals surface area contributed by atoms with Crippen LogP contribution >= 0.6 is 11.3 Å². The molecular weight excluding hydrogens is 332 g/mol. The number of urea groups is 1. The molecule has 5 nitrogen and oxygen atoms in total. The van der Waals surface area contributed by atoms with Crippen molar-refractivity contribution in [3.63, 3.8) is 0 Å². The highest BCUT2D eigenvalue weighted by Crippen LogP contribution is 2.29. The van der Waals surface area contributed by atoms with Crippen molar-refractivity contribution in [1.29, 1.82) is 0 Å². The normalized spacial score (nSPS) is 16.4. The number of aromatic nitrogens is 1. The first-order valence-corrected chi connectivity index (χ1v) is 10.1. The van der Waals surface area contributed by atoms with Crippen molar-refractivity contribution in [2.45, 2.75) is 39.5 Å². The topological polar surface area (TPSA) is 48.5 Å². The largest absolute Gasteiger partial charge is 0.323 e. The van der Waals surface area contributed by atoms with Crippen molar-refractivity contribution in [3.05, 3.63) is 23.2 Å². The van der Waals surface area contributed by atoms with Crippen LogP contribution in [0.15, 0.2) is 18.2 Å². The van der Waals surface area contributed by atoms with Gasteiger partial charge in [0.2, 0.25) is 0 Å². The summed E-state index contributed by atoms with van der Waals surface area (Å²) in [7, 11) is 0. The minimum Gasteiger partial charge on any atom is -0.323 e. The van der Waals surface area contributed by atoms with Crippen LogP contribution in [-0.4, -0.2) is 53.5 Å². The predicted octanol–water partition coefficient (Wildman–Crippen LogP) is 4.37. The summed E-state index contributed by atoms with van der Waals surface area (Å²) in [5.74, 6) is 0.429. The van der Waals surface area contributed by atoms with Crippen molar-refractivity contribution >= 4 is 33.3 Å². The monoisotopic (exact) mass is 360 g/mol. The van der Waals surface area contributed by atoms with E-state index in [4.69, 9.17) is 0 Å². The van der Waals surface area contributed by atoms with Crippen LogP contribution in [0.3, 0.4) is 0 Å². The van der Waals surface area contributed by atoms with E-state index in [-0.39, 0.29) is 6.03 Å². The molecule has 1 aliphatic heterocycles. The molecule has 6 heteroatoms. The van der Waals surface area contributed by atoms with Gasteiger partial charge in [-0.15, -0.1) is 11.3 Å². The molecule has 0 bridgehead atoms. The molecule has 136 valence electrons. The van der Waals surface area contributed by atoms with Crippen molar-refractivity contribution < 1.29 is 4.79 Å². The van der Waals surface area contributed by atoms with Gasteiger partial charge in [0.25, 0.3) is 0 Å². The number of hydrogen-bond donors (Lipinski definition) is 1. The second kappa shape index (κ2) is 8.15. The zero-order valence-corrected chi connectivity index (χ0v) is 16.2. The van der Waals surface area contributed by atoms with E-state index in [1.807, 2.05) is 23.1 Å². The van der Waals surface area contributed by atoms with Crippen molar-refractivity contribution in [2.75, 3.05) is 38.0 Å². The molecule has 1 fully saturated rings. The molecule has 0 radical (unpaired) electrons. The lowest BCUT2D eigenvalue weighted by atomic mass is 10.2. The fourth-order valence-corrected chi connectivity index (χ4v) is 4.19. The van der Waals surface area contributed by atoms with E-state index >= 15 is 0 Å². The summed E-state index contributed by atoms with van der Waals surface area (Å²) in [6, 6.07) is 5.99. The summed E-state index contributed by atoms with van der Waals surface area (Å²) in [5.41, 5.74) is 1.86. The van der Waals surface area contributed by atoms with Gasteiger partial charge in [-0.1, -0.05) is 20.8 Å². The maximum absolute atomic E-state index is 12.6. The Morgan fingerprint density at radius 3 is 2.88 bits per heavy atom. The van der Waals surface area contributed by atoms with Crippen molar-refractivity contribution in [1.82, 2.24) is 14.8 Å². The highest BCUT2D eigenvalue weighted by atomic mass is 32.1. The van der Waals surface area contributed by atoms with Gasteiger partial charge in [-0.2, -0.15) is 0 Å². The standard InChI is InChI=1S/C19H28N4OS/c1-4-8-22-9-5-10-23(12-11-22)19(24)20-15-6-7-16-17(13-15)25-18(21-16)14(2)3/h6-7,13-14H,4-5,8-12H2,1-3H3,(H,20,24). The summed E-state index contributed by atoms with van der Waals surface area (Å²) >= 11 is 1.71. The summed E-state index contributed by atoms with van der Waals surface area (Å²) < 4.78 is 1.13. The fraction of sp³-hybridized carbons (Fsp3) is 0.579. The van der Waals surface area contributed by atoms with Gasteiger partial charge in [0.05, 0.1) is 15.2 Å². The molecule has 1 N–H and O–H groups in total. The maximum Gasteiger partial charge on any atom is 0.321 e. The van der Waals surface area contributed by atoms with Crippen LogP contribution in [0.5, 0.6) is 0 Å². The number of rotatable bonds is 4. The average Bonchev–Trinajstić information content (AvgIpc) is 2.87. The number of benzene rings is 1. The minimum atomic E-state index is 0.00583. The molecule has 0 aliphatic carbocycles. The first-order valence-electron chi connectivity index (χ1n) is 9.25. The number of anilines is 1. The van der Waals surface area contributed by atoms with Crippen LogP contribution in [0.2, 0.25) is 0 Å². The number of hydrogen-bond acceptors (Lipinski definition) is 4. The molecule has 0 saturated carbocycles. The number of carbonyl (C=O) groups excluding carboxylic acids is 1. The van der Waals surface area contributed by atoms with Gasteiger partial charge in [-0.25, -0.2) is 9.78 Å². The molecule has 25 heavy (non-hydrogen) atoms. The van der Waals surface area contributed by atoms with Crippen LogP contribution in [0.4, 0.5) is 10.5 Å². The number of carbonyl (C=O) groups is 1. The third-order valence-electron chi connectivity index (χ3n) is 4.57. The third-order valence-corrected chi connectivity index (χ3v) is 5.88. The van der Waals surface area contributed by atoms with Crippen LogP contribution in [0.1, 0.15) is 44.5 Å². The summed E-state index contributed by atoms with van der Waals surface area (Å²) in [4.78, 5) is 21.7. The molecule has 1 aromatic heterocycles. The molecule has 2 heterocycles. The molecular formula is C19H28N4OS. The van der Waals surface area contributed by atoms with Gasteiger partial charge >= 0.3 is 6.03 Å². The quantitative estimate of drug-likeness (QED) is 0.881. The Labute approximate surface area is 154 Å². The lowest BCUT2D eigenvalue weighted by Gasteiger charge is -2.22. The summed E-state index contributed by atoms with van der Waals surface area (Å²) in [5, 5.41) is 4.20. The van der Waals surface area contributed by atoms with Crippen molar-refractivity contribution in [3.8, 4) is 0 Å². The van der Waals surface area contributed by atoms with E-state index in [9.17, 15) is 4.79 Å².